The van der Waals surface area contributed by atoms with E-state index >= 15 is 0 Å². The third-order valence-corrected chi connectivity index (χ3v) is 4.11. The van der Waals surface area contributed by atoms with E-state index in [0.717, 1.165) is 25.1 Å². The summed E-state index contributed by atoms with van der Waals surface area (Å²) in [5.41, 5.74) is 8.59. The molecule has 17 heavy (non-hydrogen) atoms. The highest BCUT2D eigenvalue weighted by Crippen LogP contribution is 2.44. The quantitative estimate of drug-likeness (QED) is 0.787. The summed E-state index contributed by atoms with van der Waals surface area (Å²) in [6.07, 6.45) is 2.17. The van der Waals surface area contributed by atoms with Crippen molar-refractivity contribution in [2.75, 3.05) is 20.7 Å². The van der Waals surface area contributed by atoms with Gasteiger partial charge in [-0.3, -0.25) is 4.99 Å². The third kappa shape index (κ3) is 1.27. The summed E-state index contributed by atoms with van der Waals surface area (Å²) in [7, 11) is 3.73. The molecule has 1 spiro atoms. The Kier molecular flexibility index (Phi) is 2.08. The molecule has 4 nitrogen and oxygen atoms in total. The highest BCUT2D eigenvalue weighted by molar-refractivity contribution is 5.81. The summed E-state index contributed by atoms with van der Waals surface area (Å²) in [5.74, 6) is 1.55. The van der Waals surface area contributed by atoms with Crippen LogP contribution < -0.4 is 10.5 Å². The number of rotatable bonds is 1. The number of guanidine groups is 1. The second-order valence-electron chi connectivity index (χ2n) is 4.79. The monoisotopic (exact) mass is 231 g/mol. The number of aryl methyl sites for hydroxylation is 1. The number of hydrogen-bond donors (Lipinski definition) is 1. The molecule has 0 fully saturated rings. The minimum atomic E-state index is -0.0338. The highest BCUT2D eigenvalue weighted by Gasteiger charge is 2.46. The van der Waals surface area contributed by atoms with Crippen LogP contribution in [0.4, 0.5) is 0 Å². The zero-order valence-electron chi connectivity index (χ0n) is 10.2. The smallest absolute Gasteiger partial charge is 0.191 e. The first-order chi connectivity index (χ1) is 8.17. The van der Waals surface area contributed by atoms with Gasteiger partial charge in [-0.1, -0.05) is 6.07 Å². The maximum absolute atomic E-state index is 5.91. The van der Waals surface area contributed by atoms with Gasteiger partial charge in [-0.15, -0.1) is 0 Å². The molecule has 0 radical (unpaired) electrons. The first-order valence-electron chi connectivity index (χ1n) is 5.88. The Morgan fingerprint density at radius 1 is 1.47 bits per heavy atom. The van der Waals surface area contributed by atoms with E-state index in [1.165, 1.54) is 11.1 Å². The standard InChI is InChI=1S/C13H17N3O/c1-16-12(14)15-8-13(16)6-5-9-3-4-10(17-2)7-11(9)13/h3-4,7H,5-6,8H2,1-2H3,(H2,14,15). The molecular weight excluding hydrogens is 214 g/mol. The molecule has 1 aliphatic heterocycles. The number of benzene rings is 1. The van der Waals surface area contributed by atoms with Crippen molar-refractivity contribution in [3.05, 3.63) is 29.3 Å². The van der Waals surface area contributed by atoms with Crippen LogP contribution in [0.25, 0.3) is 0 Å². The Morgan fingerprint density at radius 2 is 2.29 bits per heavy atom. The van der Waals surface area contributed by atoms with Crippen LogP contribution in [0.15, 0.2) is 23.2 Å². The normalized spacial score (nSPS) is 26.2. The molecule has 1 aromatic carbocycles. The Labute approximate surface area is 101 Å². The second kappa shape index (κ2) is 3.39. The zero-order chi connectivity index (χ0) is 12.0. The van der Waals surface area contributed by atoms with E-state index in [-0.39, 0.29) is 5.54 Å². The van der Waals surface area contributed by atoms with Gasteiger partial charge in [0.05, 0.1) is 19.2 Å². The van der Waals surface area contributed by atoms with Gasteiger partial charge in [0, 0.05) is 7.05 Å². The number of nitrogens with zero attached hydrogens (tertiary/aromatic N) is 2. The second-order valence-corrected chi connectivity index (χ2v) is 4.79. The molecule has 90 valence electrons. The fourth-order valence-corrected chi connectivity index (χ4v) is 2.97. The van der Waals surface area contributed by atoms with Gasteiger partial charge < -0.3 is 15.4 Å². The van der Waals surface area contributed by atoms with Gasteiger partial charge in [0.1, 0.15) is 5.75 Å². The number of methoxy groups -OCH3 is 1. The van der Waals surface area contributed by atoms with E-state index in [2.05, 4.69) is 22.0 Å². The van der Waals surface area contributed by atoms with Gasteiger partial charge in [-0.05, 0) is 36.1 Å². The molecule has 1 aromatic rings. The van der Waals surface area contributed by atoms with E-state index in [1.807, 2.05) is 13.1 Å². The third-order valence-electron chi connectivity index (χ3n) is 4.11. The fraction of sp³-hybridized carbons (Fsp3) is 0.462. The molecule has 4 heteroatoms. The lowest BCUT2D eigenvalue weighted by Crippen LogP contribution is -2.45. The molecule has 1 unspecified atom stereocenters. The predicted octanol–water partition coefficient (Wildman–Crippen LogP) is 1.10. The summed E-state index contributed by atoms with van der Waals surface area (Å²) < 4.78 is 5.32. The minimum Gasteiger partial charge on any atom is -0.497 e. The summed E-state index contributed by atoms with van der Waals surface area (Å²) in [5, 5.41) is 0. The zero-order valence-corrected chi connectivity index (χ0v) is 10.2. The van der Waals surface area contributed by atoms with E-state index in [9.17, 15) is 0 Å². The van der Waals surface area contributed by atoms with Crippen molar-refractivity contribution in [2.45, 2.75) is 18.4 Å². The van der Waals surface area contributed by atoms with Crippen molar-refractivity contribution < 1.29 is 4.74 Å². The van der Waals surface area contributed by atoms with Crippen molar-refractivity contribution >= 4 is 5.96 Å². The average molecular weight is 231 g/mol. The number of fused-ring (bicyclic) bond motifs is 2. The number of nitrogens with two attached hydrogens (primary N) is 1. The number of likely N-dealkylation sites (N-methyl/N-ethyl adjacent to an activating group) is 1. The highest BCUT2D eigenvalue weighted by atomic mass is 16.5. The molecule has 0 aromatic heterocycles. The maximum atomic E-state index is 5.91. The minimum absolute atomic E-state index is 0.0338. The first kappa shape index (κ1) is 10.4. The summed E-state index contributed by atoms with van der Waals surface area (Å²) in [6.45, 7) is 0.759. The van der Waals surface area contributed by atoms with Gasteiger partial charge in [0.25, 0.3) is 0 Å². The molecule has 0 amide bonds. The number of hydrogen-bond acceptors (Lipinski definition) is 4. The van der Waals surface area contributed by atoms with Crippen molar-refractivity contribution in [1.29, 1.82) is 0 Å². The lowest BCUT2D eigenvalue weighted by atomic mass is 9.91. The Morgan fingerprint density at radius 3 is 2.94 bits per heavy atom. The van der Waals surface area contributed by atoms with E-state index in [0.29, 0.717) is 5.96 Å². The maximum Gasteiger partial charge on any atom is 0.191 e. The molecule has 2 N–H and O–H groups in total. The molecule has 0 saturated carbocycles. The number of aliphatic imine (C=N–C) groups is 1. The molecule has 2 aliphatic rings. The largest absolute Gasteiger partial charge is 0.497 e. The lowest BCUT2D eigenvalue weighted by Gasteiger charge is -2.34. The predicted molar refractivity (Wildman–Crippen MR) is 67.2 cm³/mol. The van der Waals surface area contributed by atoms with E-state index < -0.39 is 0 Å². The van der Waals surface area contributed by atoms with Gasteiger partial charge in [0.15, 0.2) is 5.96 Å². The summed E-state index contributed by atoms with van der Waals surface area (Å²) in [4.78, 5) is 6.50. The topological polar surface area (TPSA) is 50.9 Å². The van der Waals surface area contributed by atoms with Gasteiger partial charge >= 0.3 is 0 Å². The SMILES string of the molecule is COc1ccc2c(c1)C1(CC2)CN=C(N)N1C. The van der Waals surface area contributed by atoms with Crippen molar-refractivity contribution in [3.8, 4) is 5.75 Å². The van der Waals surface area contributed by atoms with Crippen LogP contribution in [0.2, 0.25) is 0 Å². The number of ether oxygens (including phenoxy) is 1. The van der Waals surface area contributed by atoms with Crippen LogP contribution in [0.1, 0.15) is 17.5 Å². The van der Waals surface area contributed by atoms with E-state index in [1.54, 1.807) is 7.11 Å². The van der Waals surface area contributed by atoms with Crippen molar-refractivity contribution in [3.63, 3.8) is 0 Å². The van der Waals surface area contributed by atoms with Gasteiger partial charge in [-0.2, -0.15) is 0 Å². The molecule has 1 aliphatic carbocycles. The fourth-order valence-electron chi connectivity index (χ4n) is 2.97. The van der Waals surface area contributed by atoms with Crippen LogP contribution in [0, 0.1) is 0 Å². The van der Waals surface area contributed by atoms with Crippen LogP contribution in [0.5, 0.6) is 5.75 Å². The van der Waals surface area contributed by atoms with Crippen LogP contribution in [-0.2, 0) is 12.0 Å². The Bertz CT molecular complexity index is 497. The van der Waals surface area contributed by atoms with Gasteiger partial charge in [-0.25, -0.2) is 0 Å². The van der Waals surface area contributed by atoms with Crippen LogP contribution in [0.3, 0.4) is 0 Å². The average Bonchev–Trinajstić information content (AvgIpc) is 2.86. The van der Waals surface area contributed by atoms with Crippen molar-refractivity contribution in [1.82, 2.24) is 4.90 Å². The summed E-state index contributed by atoms with van der Waals surface area (Å²) >= 11 is 0. The van der Waals surface area contributed by atoms with Crippen LogP contribution >= 0.6 is 0 Å². The Balaban J connectivity index is 2.09. The molecule has 3 rings (SSSR count). The molecular formula is C13H17N3O. The Hall–Kier alpha value is -1.71. The van der Waals surface area contributed by atoms with Gasteiger partial charge in [0.2, 0.25) is 0 Å². The lowest BCUT2D eigenvalue weighted by molar-refractivity contribution is 0.238. The molecule has 1 heterocycles. The van der Waals surface area contributed by atoms with Crippen molar-refractivity contribution in [2.24, 2.45) is 10.7 Å². The first-order valence-corrected chi connectivity index (χ1v) is 5.88. The summed E-state index contributed by atoms with van der Waals surface area (Å²) in [6, 6.07) is 6.31. The van der Waals surface area contributed by atoms with Crippen LogP contribution in [-0.4, -0.2) is 31.6 Å². The molecule has 0 saturated heterocycles. The molecule has 1 atom stereocenters. The van der Waals surface area contributed by atoms with E-state index in [4.69, 9.17) is 10.5 Å². The molecule has 0 bridgehead atoms.